The van der Waals surface area contributed by atoms with Crippen molar-refractivity contribution in [1.29, 1.82) is 0 Å². The Morgan fingerprint density at radius 1 is 1.35 bits per heavy atom. The number of thioether (sulfide) groups is 1. The molecule has 0 saturated heterocycles. The van der Waals surface area contributed by atoms with Gasteiger partial charge in [-0.3, -0.25) is 4.79 Å². The Balaban J connectivity index is 1.74. The van der Waals surface area contributed by atoms with E-state index in [1.54, 1.807) is 0 Å². The zero-order valence-electron chi connectivity index (χ0n) is 13.1. The molecule has 0 aliphatic heterocycles. The first-order valence-electron chi connectivity index (χ1n) is 7.60. The SMILES string of the molecule is CC(C)c1nnc(SCC(=O)c2ccc(O)cc2O)n1C1CC1. The van der Waals surface area contributed by atoms with E-state index in [0.29, 0.717) is 6.04 Å². The van der Waals surface area contributed by atoms with Crippen molar-refractivity contribution in [2.24, 2.45) is 0 Å². The molecule has 2 N–H and O–H groups in total. The van der Waals surface area contributed by atoms with Gasteiger partial charge in [-0.2, -0.15) is 0 Å². The molecular weight excluding hydrogens is 314 g/mol. The molecule has 0 spiro atoms. The summed E-state index contributed by atoms with van der Waals surface area (Å²) in [6.45, 7) is 4.16. The van der Waals surface area contributed by atoms with Crippen molar-refractivity contribution >= 4 is 17.5 Å². The minimum Gasteiger partial charge on any atom is -0.508 e. The number of Topliss-reactive ketones (excluding diaryl/α,β-unsaturated/α-hetero) is 1. The molecule has 1 fully saturated rings. The van der Waals surface area contributed by atoms with Gasteiger partial charge in [0.05, 0.1) is 11.3 Å². The molecule has 0 unspecified atom stereocenters. The summed E-state index contributed by atoms with van der Waals surface area (Å²) in [5.41, 5.74) is 0.205. The van der Waals surface area contributed by atoms with E-state index in [2.05, 4.69) is 28.6 Å². The van der Waals surface area contributed by atoms with Gasteiger partial charge >= 0.3 is 0 Å². The van der Waals surface area contributed by atoms with Gasteiger partial charge in [0, 0.05) is 18.0 Å². The average molecular weight is 333 g/mol. The minimum absolute atomic E-state index is 0.0678. The standard InChI is InChI=1S/C16H19N3O3S/c1-9(2)15-17-18-16(19(15)10-3-4-10)23-8-14(22)12-6-5-11(20)7-13(12)21/h5-7,9-10,20-21H,3-4,8H2,1-2H3. The number of carbonyl (C=O) groups is 1. The topological polar surface area (TPSA) is 88.2 Å². The smallest absolute Gasteiger partial charge is 0.191 e. The van der Waals surface area contributed by atoms with Gasteiger partial charge < -0.3 is 14.8 Å². The van der Waals surface area contributed by atoms with Crippen LogP contribution in [0.4, 0.5) is 0 Å². The van der Waals surface area contributed by atoms with Gasteiger partial charge in [-0.05, 0) is 25.0 Å². The Labute approximate surface area is 138 Å². The number of hydrogen-bond donors (Lipinski definition) is 2. The van der Waals surface area contributed by atoms with Gasteiger partial charge in [0.15, 0.2) is 10.9 Å². The van der Waals surface area contributed by atoms with Crippen molar-refractivity contribution in [3.05, 3.63) is 29.6 Å². The molecule has 0 atom stereocenters. The van der Waals surface area contributed by atoms with Crippen LogP contribution in [0.1, 0.15) is 54.8 Å². The third-order valence-electron chi connectivity index (χ3n) is 3.73. The molecule has 6 nitrogen and oxygen atoms in total. The van der Waals surface area contributed by atoms with E-state index in [-0.39, 0.29) is 34.5 Å². The fourth-order valence-electron chi connectivity index (χ4n) is 2.42. The Kier molecular flexibility index (Phi) is 4.30. The van der Waals surface area contributed by atoms with Gasteiger partial charge in [-0.15, -0.1) is 10.2 Å². The minimum atomic E-state index is -0.206. The Bertz CT molecular complexity index is 738. The van der Waals surface area contributed by atoms with Crippen LogP contribution in [-0.4, -0.2) is 36.5 Å². The summed E-state index contributed by atoms with van der Waals surface area (Å²) < 4.78 is 2.14. The highest BCUT2D eigenvalue weighted by Crippen LogP contribution is 2.40. The van der Waals surface area contributed by atoms with Crippen LogP contribution >= 0.6 is 11.8 Å². The number of rotatable bonds is 6. The van der Waals surface area contributed by atoms with E-state index in [1.165, 1.54) is 30.0 Å². The summed E-state index contributed by atoms with van der Waals surface area (Å²) >= 11 is 1.34. The number of ketones is 1. The zero-order chi connectivity index (χ0) is 16.6. The highest BCUT2D eigenvalue weighted by atomic mass is 32.2. The second kappa shape index (κ2) is 6.23. The Morgan fingerprint density at radius 2 is 2.09 bits per heavy atom. The van der Waals surface area contributed by atoms with E-state index in [9.17, 15) is 15.0 Å². The maximum Gasteiger partial charge on any atom is 0.191 e. The first kappa shape index (κ1) is 15.9. The molecule has 1 aromatic heterocycles. The van der Waals surface area contributed by atoms with Crippen molar-refractivity contribution in [2.75, 3.05) is 5.75 Å². The number of aromatic nitrogens is 3. The molecule has 7 heteroatoms. The van der Waals surface area contributed by atoms with E-state index in [0.717, 1.165) is 23.8 Å². The fourth-order valence-corrected chi connectivity index (χ4v) is 3.32. The molecule has 0 amide bonds. The average Bonchev–Trinajstić information content (AvgIpc) is 3.24. The monoisotopic (exact) mass is 333 g/mol. The quantitative estimate of drug-likeness (QED) is 0.624. The normalized spacial score (nSPS) is 14.4. The van der Waals surface area contributed by atoms with Crippen molar-refractivity contribution < 1.29 is 15.0 Å². The molecule has 1 heterocycles. The third-order valence-corrected chi connectivity index (χ3v) is 4.68. The highest BCUT2D eigenvalue weighted by Gasteiger charge is 2.30. The molecular formula is C16H19N3O3S. The van der Waals surface area contributed by atoms with Crippen LogP contribution < -0.4 is 0 Å². The lowest BCUT2D eigenvalue weighted by molar-refractivity contribution is 0.102. The number of carbonyl (C=O) groups excluding carboxylic acids is 1. The zero-order valence-corrected chi connectivity index (χ0v) is 13.9. The fraction of sp³-hybridized carbons (Fsp3) is 0.438. The molecule has 23 heavy (non-hydrogen) atoms. The molecule has 0 bridgehead atoms. The molecule has 3 rings (SSSR count). The Hall–Kier alpha value is -2.02. The van der Waals surface area contributed by atoms with E-state index < -0.39 is 0 Å². The van der Waals surface area contributed by atoms with Gasteiger partial charge in [0.2, 0.25) is 0 Å². The molecule has 1 aliphatic rings. The van der Waals surface area contributed by atoms with Crippen LogP contribution in [0, 0.1) is 0 Å². The highest BCUT2D eigenvalue weighted by molar-refractivity contribution is 7.99. The molecule has 122 valence electrons. The lowest BCUT2D eigenvalue weighted by atomic mass is 10.1. The van der Waals surface area contributed by atoms with Crippen LogP contribution in [0.5, 0.6) is 11.5 Å². The first-order valence-corrected chi connectivity index (χ1v) is 8.58. The van der Waals surface area contributed by atoms with Crippen molar-refractivity contribution in [3.63, 3.8) is 0 Å². The molecule has 1 aromatic carbocycles. The van der Waals surface area contributed by atoms with Crippen LogP contribution in [0.2, 0.25) is 0 Å². The molecule has 1 saturated carbocycles. The van der Waals surface area contributed by atoms with E-state index >= 15 is 0 Å². The van der Waals surface area contributed by atoms with E-state index in [4.69, 9.17) is 0 Å². The summed E-state index contributed by atoms with van der Waals surface area (Å²) in [5.74, 6) is 0.929. The van der Waals surface area contributed by atoms with Crippen LogP contribution in [-0.2, 0) is 0 Å². The van der Waals surface area contributed by atoms with Crippen molar-refractivity contribution in [1.82, 2.24) is 14.8 Å². The Morgan fingerprint density at radius 3 is 2.70 bits per heavy atom. The molecule has 0 radical (unpaired) electrons. The number of nitrogens with zero attached hydrogens (tertiary/aromatic N) is 3. The van der Waals surface area contributed by atoms with Crippen LogP contribution in [0.15, 0.2) is 23.4 Å². The number of benzene rings is 1. The predicted molar refractivity (Wildman–Crippen MR) is 87.2 cm³/mol. The maximum absolute atomic E-state index is 12.3. The predicted octanol–water partition coefficient (Wildman–Crippen LogP) is 3.12. The molecule has 2 aromatic rings. The number of aromatic hydroxyl groups is 2. The summed E-state index contributed by atoms with van der Waals surface area (Å²) in [4.78, 5) is 12.3. The number of phenolic OH excluding ortho intramolecular Hbond substituents is 2. The van der Waals surface area contributed by atoms with Crippen molar-refractivity contribution in [3.8, 4) is 11.5 Å². The maximum atomic E-state index is 12.3. The lowest BCUT2D eigenvalue weighted by Gasteiger charge is -2.10. The summed E-state index contributed by atoms with van der Waals surface area (Å²) in [7, 11) is 0. The van der Waals surface area contributed by atoms with Crippen LogP contribution in [0.3, 0.4) is 0 Å². The second-order valence-electron chi connectivity index (χ2n) is 6.01. The summed E-state index contributed by atoms with van der Waals surface area (Å²) in [6.07, 6.45) is 2.25. The summed E-state index contributed by atoms with van der Waals surface area (Å²) in [6, 6.07) is 4.43. The number of hydrogen-bond acceptors (Lipinski definition) is 6. The van der Waals surface area contributed by atoms with Crippen molar-refractivity contribution in [2.45, 2.75) is 43.8 Å². The van der Waals surface area contributed by atoms with Gasteiger partial charge in [-0.25, -0.2) is 0 Å². The third kappa shape index (κ3) is 3.34. The largest absolute Gasteiger partial charge is 0.508 e. The van der Waals surface area contributed by atoms with Crippen LogP contribution in [0.25, 0.3) is 0 Å². The van der Waals surface area contributed by atoms with E-state index in [1.807, 2.05) is 0 Å². The molecule has 1 aliphatic carbocycles. The first-order chi connectivity index (χ1) is 11.0. The second-order valence-corrected chi connectivity index (χ2v) is 6.95. The summed E-state index contributed by atoms with van der Waals surface area (Å²) in [5, 5.41) is 28.3. The number of phenols is 2. The lowest BCUT2D eigenvalue weighted by Crippen LogP contribution is -2.07. The van der Waals surface area contributed by atoms with Gasteiger partial charge in [-0.1, -0.05) is 25.6 Å². The van der Waals surface area contributed by atoms with Gasteiger partial charge in [0.1, 0.15) is 17.3 Å². The van der Waals surface area contributed by atoms with Gasteiger partial charge in [0.25, 0.3) is 0 Å².